The zero-order valence-electron chi connectivity index (χ0n) is 14.9. The number of nitrogens with zero attached hydrogens (tertiary/aromatic N) is 5. The molecule has 1 saturated heterocycles. The Morgan fingerprint density at radius 3 is 2.88 bits per heavy atom. The van der Waals surface area contributed by atoms with Gasteiger partial charge in [-0.15, -0.1) is 0 Å². The van der Waals surface area contributed by atoms with Crippen LogP contribution in [0.25, 0.3) is 5.65 Å². The highest BCUT2D eigenvalue weighted by Gasteiger charge is 2.26. The minimum atomic E-state index is 0.105. The van der Waals surface area contributed by atoms with Gasteiger partial charge in [0.1, 0.15) is 11.6 Å². The van der Waals surface area contributed by atoms with Crippen LogP contribution in [0.1, 0.15) is 11.3 Å². The first-order chi connectivity index (χ1) is 12.6. The van der Waals surface area contributed by atoms with Crippen LogP contribution in [0.5, 0.6) is 5.75 Å². The highest BCUT2D eigenvalue weighted by atomic mass is 16.5. The molecule has 0 unspecified atom stereocenters. The third-order valence-electron chi connectivity index (χ3n) is 4.62. The maximum absolute atomic E-state index is 12.7. The second-order valence-corrected chi connectivity index (χ2v) is 6.45. The molecule has 0 saturated carbocycles. The minimum absolute atomic E-state index is 0.105. The zero-order valence-corrected chi connectivity index (χ0v) is 14.9. The van der Waals surface area contributed by atoms with Crippen molar-refractivity contribution in [2.75, 3.05) is 31.6 Å². The molecule has 0 aliphatic carbocycles. The quantitative estimate of drug-likeness (QED) is 0.718. The summed E-state index contributed by atoms with van der Waals surface area (Å²) in [6, 6.07) is 11.7. The highest BCUT2D eigenvalue weighted by molar-refractivity contribution is 5.82. The van der Waals surface area contributed by atoms with Gasteiger partial charge in [-0.2, -0.15) is 9.61 Å². The van der Waals surface area contributed by atoms with E-state index in [2.05, 4.69) is 15.0 Å². The van der Waals surface area contributed by atoms with E-state index < -0.39 is 0 Å². The Morgan fingerprint density at radius 2 is 2.08 bits per heavy atom. The van der Waals surface area contributed by atoms with E-state index in [9.17, 15) is 4.79 Å². The monoisotopic (exact) mass is 351 g/mol. The number of anilines is 1. The molecule has 7 heteroatoms. The largest absolute Gasteiger partial charge is 0.497 e. The number of amides is 1. The molecule has 2 aromatic heterocycles. The molecular weight excluding hydrogens is 330 g/mol. The Balaban J connectivity index is 1.51. The SMILES string of the molecule is COc1cccc(CN2CCN(c3cc(C)nc4ccnn34)CC2=O)c1. The molecule has 0 spiro atoms. The normalized spacial score (nSPS) is 14.9. The van der Waals surface area contributed by atoms with E-state index in [0.29, 0.717) is 19.6 Å². The molecule has 3 heterocycles. The number of methoxy groups -OCH3 is 1. The van der Waals surface area contributed by atoms with Gasteiger partial charge in [-0.1, -0.05) is 12.1 Å². The molecule has 1 fully saturated rings. The predicted octanol–water partition coefficient (Wildman–Crippen LogP) is 1.90. The molecular formula is C19H21N5O2. The number of aryl methyl sites for hydroxylation is 1. The predicted molar refractivity (Wildman–Crippen MR) is 98.3 cm³/mol. The molecule has 1 aliphatic rings. The molecule has 4 rings (SSSR count). The van der Waals surface area contributed by atoms with Crippen molar-refractivity contribution in [3.8, 4) is 5.75 Å². The standard InChI is InChI=1S/C19H21N5O2/c1-14-10-18(24-17(21-14)6-7-20-24)22-8-9-23(19(25)13-22)12-15-4-3-5-16(11-15)26-2/h3-7,10-11H,8-9,12-13H2,1-2H3. The number of benzene rings is 1. The summed E-state index contributed by atoms with van der Waals surface area (Å²) in [6.07, 6.45) is 1.73. The smallest absolute Gasteiger partial charge is 0.242 e. The molecule has 0 radical (unpaired) electrons. The summed E-state index contributed by atoms with van der Waals surface area (Å²) in [5.74, 6) is 1.82. The molecule has 3 aromatic rings. The molecule has 0 atom stereocenters. The summed E-state index contributed by atoms with van der Waals surface area (Å²) in [5, 5.41) is 4.34. The number of carbonyl (C=O) groups excluding carboxylic acids is 1. The van der Waals surface area contributed by atoms with E-state index in [4.69, 9.17) is 4.74 Å². The fourth-order valence-corrected chi connectivity index (χ4v) is 3.31. The van der Waals surface area contributed by atoms with Crippen molar-refractivity contribution >= 4 is 17.4 Å². The van der Waals surface area contributed by atoms with Gasteiger partial charge in [0.2, 0.25) is 5.91 Å². The van der Waals surface area contributed by atoms with Crippen LogP contribution in [0.2, 0.25) is 0 Å². The van der Waals surface area contributed by atoms with Gasteiger partial charge in [0.15, 0.2) is 5.65 Å². The van der Waals surface area contributed by atoms with Crippen LogP contribution in [0.4, 0.5) is 5.82 Å². The molecule has 26 heavy (non-hydrogen) atoms. The zero-order chi connectivity index (χ0) is 18.1. The molecule has 0 bridgehead atoms. The fraction of sp³-hybridized carbons (Fsp3) is 0.316. The first-order valence-electron chi connectivity index (χ1n) is 8.61. The van der Waals surface area contributed by atoms with Crippen molar-refractivity contribution in [2.24, 2.45) is 0 Å². The number of piperazine rings is 1. The molecule has 1 aromatic carbocycles. The fourth-order valence-electron chi connectivity index (χ4n) is 3.31. The van der Waals surface area contributed by atoms with Gasteiger partial charge in [0.25, 0.3) is 0 Å². The topological polar surface area (TPSA) is 63.0 Å². The van der Waals surface area contributed by atoms with Crippen LogP contribution in [-0.4, -0.2) is 52.1 Å². The summed E-state index contributed by atoms with van der Waals surface area (Å²) in [5.41, 5.74) is 2.78. The second kappa shape index (κ2) is 6.67. The summed E-state index contributed by atoms with van der Waals surface area (Å²) in [6.45, 7) is 4.31. The van der Waals surface area contributed by atoms with E-state index >= 15 is 0 Å². The molecule has 134 valence electrons. The molecule has 1 aliphatic heterocycles. The number of ether oxygens (including phenoxy) is 1. The van der Waals surface area contributed by atoms with Crippen molar-refractivity contribution < 1.29 is 9.53 Å². The van der Waals surface area contributed by atoms with Gasteiger partial charge in [0.05, 0.1) is 19.9 Å². The van der Waals surface area contributed by atoms with Crippen LogP contribution >= 0.6 is 0 Å². The number of rotatable bonds is 4. The van der Waals surface area contributed by atoms with Crippen LogP contribution in [0.15, 0.2) is 42.6 Å². The minimum Gasteiger partial charge on any atom is -0.497 e. The van der Waals surface area contributed by atoms with Crippen LogP contribution in [0.3, 0.4) is 0 Å². The van der Waals surface area contributed by atoms with Crippen molar-refractivity contribution in [3.05, 3.63) is 53.9 Å². The van der Waals surface area contributed by atoms with Crippen molar-refractivity contribution in [3.63, 3.8) is 0 Å². The highest BCUT2D eigenvalue weighted by Crippen LogP contribution is 2.21. The first-order valence-corrected chi connectivity index (χ1v) is 8.61. The van der Waals surface area contributed by atoms with Crippen molar-refractivity contribution in [1.29, 1.82) is 0 Å². The van der Waals surface area contributed by atoms with Crippen molar-refractivity contribution in [1.82, 2.24) is 19.5 Å². The molecule has 7 nitrogen and oxygen atoms in total. The Morgan fingerprint density at radius 1 is 1.19 bits per heavy atom. The summed E-state index contributed by atoms with van der Waals surface area (Å²) in [4.78, 5) is 21.1. The Bertz CT molecular complexity index is 952. The third kappa shape index (κ3) is 3.08. The lowest BCUT2D eigenvalue weighted by molar-refractivity contribution is -0.131. The lowest BCUT2D eigenvalue weighted by Gasteiger charge is -2.35. The average molecular weight is 351 g/mol. The van der Waals surface area contributed by atoms with Crippen LogP contribution in [-0.2, 0) is 11.3 Å². The summed E-state index contributed by atoms with van der Waals surface area (Å²) in [7, 11) is 1.65. The molecule has 1 amide bonds. The first kappa shape index (κ1) is 16.4. The number of fused-ring (bicyclic) bond motifs is 1. The maximum Gasteiger partial charge on any atom is 0.242 e. The number of hydrogen-bond acceptors (Lipinski definition) is 5. The third-order valence-corrected chi connectivity index (χ3v) is 4.62. The van der Waals surface area contributed by atoms with Gasteiger partial charge in [-0.05, 0) is 24.6 Å². The van der Waals surface area contributed by atoms with E-state index in [1.54, 1.807) is 17.8 Å². The van der Waals surface area contributed by atoms with E-state index in [1.807, 2.05) is 48.2 Å². The number of carbonyl (C=O) groups is 1. The molecule has 0 N–H and O–H groups in total. The average Bonchev–Trinajstić information content (AvgIpc) is 3.11. The Labute approximate surface area is 151 Å². The lowest BCUT2D eigenvalue weighted by atomic mass is 10.2. The van der Waals surface area contributed by atoms with Crippen LogP contribution in [0, 0.1) is 6.92 Å². The van der Waals surface area contributed by atoms with Gasteiger partial charge < -0.3 is 14.5 Å². The maximum atomic E-state index is 12.7. The van der Waals surface area contributed by atoms with E-state index in [0.717, 1.165) is 35.0 Å². The van der Waals surface area contributed by atoms with Gasteiger partial charge in [-0.25, -0.2) is 4.98 Å². The van der Waals surface area contributed by atoms with Gasteiger partial charge in [0, 0.05) is 37.5 Å². The van der Waals surface area contributed by atoms with E-state index in [1.165, 1.54) is 0 Å². The van der Waals surface area contributed by atoms with Gasteiger partial charge >= 0.3 is 0 Å². The number of hydrogen-bond donors (Lipinski definition) is 0. The van der Waals surface area contributed by atoms with Crippen molar-refractivity contribution in [2.45, 2.75) is 13.5 Å². The summed E-state index contributed by atoms with van der Waals surface area (Å²) >= 11 is 0. The van der Waals surface area contributed by atoms with Gasteiger partial charge in [-0.3, -0.25) is 4.79 Å². The van der Waals surface area contributed by atoms with E-state index in [-0.39, 0.29) is 5.91 Å². The lowest BCUT2D eigenvalue weighted by Crippen LogP contribution is -2.50. The van der Waals surface area contributed by atoms with Crippen LogP contribution < -0.4 is 9.64 Å². The second-order valence-electron chi connectivity index (χ2n) is 6.45. The summed E-state index contributed by atoms with van der Waals surface area (Å²) < 4.78 is 7.05. The number of aromatic nitrogens is 3. The Kier molecular flexibility index (Phi) is 4.20. The Hall–Kier alpha value is -3.09.